The number of pyridine rings is 1. The molecule has 0 amide bonds. The van der Waals surface area contributed by atoms with Crippen LogP contribution in [0.5, 0.6) is 0 Å². The van der Waals surface area contributed by atoms with Crippen molar-refractivity contribution in [1.29, 1.82) is 0 Å². The number of anilines is 2. The quantitative estimate of drug-likeness (QED) is 0.344. The van der Waals surface area contributed by atoms with E-state index in [4.69, 9.17) is 4.74 Å². The van der Waals surface area contributed by atoms with Gasteiger partial charge in [-0.25, -0.2) is 19.3 Å². The third-order valence-corrected chi connectivity index (χ3v) is 6.26. The summed E-state index contributed by atoms with van der Waals surface area (Å²) in [7, 11) is 1.77. The minimum Gasteiger partial charge on any atom is -0.378 e. The number of ether oxygens (including phenoxy) is 1. The fourth-order valence-corrected chi connectivity index (χ4v) is 4.55. The lowest BCUT2D eigenvalue weighted by Gasteiger charge is -2.28. The molecule has 3 N–H and O–H groups in total. The van der Waals surface area contributed by atoms with Crippen LogP contribution in [-0.4, -0.2) is 61.0 Å². The molecule has 1 atom stereocenters. The van der Waals surface area contributed by atoms with Crippen LogP contribution >= 0.6 is 0 Å². The highest BCUT2D eigenvalue weighted by Crippen LogP contribution is 2.33. The molecule has 0 radical (unpaired) electrons. The predicted octanol–water partition coefficient (Wildman–Crippen LogP) is 2.74. The van der Waals surface area contributed by atoms with Crippen molar-refractivity contribution >= 4 is 33.4 Å². The first-order valence-electron chi connectivity index (χ1n) is 11.6. The van der Waals surface area contributed by atoms with E-state index < -0.39 is 5.82 Å². The molecule has 5 aromatic rings. The summed E-state index contributed by atoms with van der Waals surface area (Å²) in [6.45, 7) is 4.42. The first-order valence-corrected chi connectivity index (χ1v) is 11.6. The summed E-state index contributed by atoms with van der Waals surface area (Å²) in [6, 6.07) is 4.71. The van der Waals surface area contributed by atoms with Gasteiger partial charge in [0.05, 0.1) is 36.0 Å². The number of aromatic nitrogens is 7. The number of nitrogens with one attached hydrogen (secondary N) is 3. The molecule has 11 nitrogen and oxygen atoms in total. The molecule has 12 heteroatoms. The lowest BCUT2D eigenvalue weighted by atomic mass is 10.1. The SMILES string of the molecule is C[C@H](Nc1c(-c2nc3c(F)cc(N4CCOCC4)cc3[nH]2)c(=O)[nH]c2cn(C)nc12)c1ncccn1. The molecule has 0 saturated carbocycles. The second-order valence-electron chi connectivity index (χ2n) is 8.75. The van der Waals surface area contributed by atoms with Crippen LogP contribution in [-0.2, 0) is 11.8 Å². The van der Waals surface area contributed by atoms with E-state index in [9.17, 15) is 4.79 Å². The topological polar surface area (TPSA) is 130 Å². The van der Waals surface area contributed by atoms with Crippen LogP contribution in [0.3, 0.4) is 0 Å². The number of nitrogens with zero attached hydrogens (tertiary/aromatic N) is 6. The van der Waals surface area contributed by atoms with E-state index in [-0.39, 0.29) is 28.5 Å². The molecule has 0 aliphatic carbocycles. The Kier molecular flexibility index (Phi) is 5.37. The normalized spacial score (nSPS) is 15.0. The van der Waals surface area contributed by atoms with E-state index in [1.54, 1.807) is 36.4 Å². The van der Waals surface area contributed by atoms with Gasteiger partial charge in [0.25, 0.3) is 5.56 Å². The van der Waals surface area contributed by atoms with Crippen molar-refractivity contribution in [2.45, 2.75) is 13.0 Å². The number of imidazole rings is 1. The maximum absolute atomic E-state index is 15.1. The lowest BCUT2D eigenvalue weighted by molar-refractivity contribution is 0.122. The maximum Gasteiger partial charge on any atom is 0.261 e. The monoisotopic (exact) mass is 489 g/mol. The van der Waals surface area contributed by atoms with Gasteiger partial charge in [0.1, 0.15) is 28.2 Å². The number of benzene rings is 1. The third kappa shape index (κ3) is 3.85. The third-order valence-electron chi connectivity index (χ3n) is 6.26. The Morgan fingerprint density at radius 1 is 1.11 bits per heavy atom. The van der Waals surface area contributed by atoms with E-state index in [0.29, 0.717) is 54.4 Å². The average Bonchev–Trinajstić information content (AvgIpc) is 3.48. The molecule has 0 unspecified atom stereocenters. The summed E-state index contributed by atoms with van der Waals surface area (Å²) in [5.74, 6) is 0.325. The van der Waals surface area contributed by atoms with Gasteiger partial charge in [0.15, 0.2) is 5.82 Å². The van der Waals surface area contributed by atoms with Gasteiger partial charge < -0.3 is 24.9 Å². The van der Waals surface area contributed by atoms with Crippen LogP contribution in [0.1, 0.15) is 18.8 Å². The lowest BCUT2D eigenvalue weighted by Crippen LogP contribution is -2.36. The van der Waals surface area contributed by atoms with Crippen molar-refractivity contribution in [1.82, 2.24) is 34.7 Å². The van der Waals surface area contributed by atoms with Crippen LogP contribution < -0.4 is 15.8 Å². The smallest absolute Gasteiger partial charge is 0.261 e. The number of halogens is 1. The molecule has 6 rings (SSSR count). The number of hydrogen-bond acceptors (Lipinski definition) is 8. The Morgan fingerprint density at radius 3 is 2.67 bits per heavy atom. The summed E-state index contributed by atoms with van der Waals surface area (Å²) in [6.07, 6.45) is 5.04. The highest BCUT2D eigenvalue weighted by Gasteiger charge is 2.24. The Hall–Kier alpha value is -4.32. The number of rotatable bonds is 5. The average molecular weight is 490 g/mol. The second kappa shape index (κ2) is 8.72. The Balaban J connectivity index is 1.50. The molecule has 4 aromatic heterocycles. The zero-order valence-corrected chi connectivity index (χ0v) is 19.7. The van der Waals surface area contributed by atoms with Crippen molar-refractivity contribution < 1.29 is 9.13 Å². The minimum absolute atomic E-state index is 0.160. The van der Waals surface area contributed by atoms with E-state index in [1.807, 2.05) is 13.0 Å². The Labute approximate surface area is 204 Å². The van der Waals surface area contributed by atoms with Gasteiger partial charge in [-0.1, -0.05) is 0 Å². The van der Waals surface area contributed by atoms with E-state index in [2.05, 4.69) is 40.2 Å². The first-order chi connectivity index (χ1) is 17.5. The molecule has 0 bridgehead atoms. The molecule has 36 heavy (non-hydrogen) atoms. The zero-order chi connectivity index (χ0) is 24.8. The molecular formula is C24H24FN9O2. The molecule has 184 valence electrons. The van der Waals surface area contributed by atoms with Gasteiger partial charge in [0, 0.05) is 44.4 Å². The van der Waals surface area contributed by atoms with E-state index in [1.165, 1.54) is 6.07 Å². The molecular weight excluding hydrogens is 465 g/mol. The number of aromatic amines is 2. The summed E-state index contributed by atoms with van der Waals surface area (Å²) in [5.41, 5.74) is 2.81. The number of morpholine rings is 1. The first kappa shape index (κ1) is 22.2. The van der Waals surface area contributed by atoms with Crippen molar-refractivity contribution in [2.75, 3.05) is 36.5 Å². The number of fused-ring (bicyclic) bond motifs is 2. The zero-order valence-electron chi connectivity index (χ0n) is 19.7. The molecule has 5 heterocycles. The fraction of sp³-hybridized carbons (Fsp3) is 0.292. The van der Waals surface area contributed by atoms with Gasteiger partial charge in [-0.15, -0.1) is 0 Å². The summed E-state index contributed by atoms with van der Waals surface area (Å²) >= 11 is 0. The van der Waals surface area contributed by atoms with Crippen molar-refractivity contribution in [3.63, 3.8) is 0 Å². The summed E-state index contributed by atoms with van der Waals surface area (Å²) in [4.78, 5) is 34.5. The van der Waals surface area contributed by atoms with E-state index >= 15 is 4.39 Å². The van der Waals surface area contributed by atoms with Gasteiger partial charge >= 0.3 is 0 Å². The Morgan fingerprint density at radius 2 is 1.89 bits per heavy atom. The largest absolute Gasteiger partial charge is 0.378 e. The van der Waals surface area contributed by atoms with Crippen LogP contribution in [0.2, 0.25) is 0 Å². The molecule has 1 aromatic carbocycles. The summed E-state index contributed by atoms with van der Waals surface area (Å²) in [5, 5.41) is 7.89. The molecule has 1 saturated heterocycles. The number of H-pyrrole nitrogens is 2. The van der Waals surface area contributed by atoms with Gasteiger partial charge in [-0.05, 0) is 25.1 Å². The van der Waals surface area contributed by atoms with E-state index in [0.717, 1.165) is 5.69 Å². The van der Waals surface area contributed by atoms with Crippen LogP contribution in [0.25, 0.3) is 33.5 Å². The van der Waals surface area contributed by atoms with Crippen molar-refractivity contribution in [3.8, 4) is 11.4 Å². The molecule has 0 spiro atoms. The highest BCUT2D eigenvalue weighted by atomic mass is 19.1. The van der Waals surface area contributed by atoms with Gasteiger partial charge in [-0.2, -0.15) is 5.10 Å². The standard InChI is InChI=1S/C24H24FN9O2/c1-13(22-26-4-3-5-27-22)28-21-18(24(35)30-17-12-33(2)32-20(17)21)23-29-16-11-14(10-15(25)19(16)31-23)34-6-8-36-9-7-34/h3-5,10-13,28H,6-9H2,1-2H3,(H,29,31)(H,30,35)/t13-/m0/s1. The number of hydrogen-bond donors (Lipinski definition) is 3. The second-order valence-corrected chi connectivity index (χ2v) is 8.75. The van der Waals surface area contributed by atoms with Crippen LogP contribution in [0.15, 0.2) is 41.6 Å². The summed E-state index contributed by atoms with van der Waals surface area (Å²) < 4.78 is 22.2. The van der Waals surface area contributed by atoms with Crippen molar-refractivity contribution in [3.05, 3.63) is 58.8 Å². The molecule has 1 aliphatic heterocycles. The highest BCUT2D eigenvalue weighted by molar-refractivity contribution is 5.97. The van der Waals surface area contributed by atoms with Gasteiger partial charge in [-0.3, -0.25) is 9.48 Å². The van der Waals surface area contributed by atoms with Crippen LogP contribution in [0.4, 0.5) is 15.8 Å². The van der Waals surface area contributed by atoms with Crippen LogP contribution in [0, 0.1) is 5.82 Å². The maximum atomic E-state index is 15.1. The predicted molar refractivity (Wildman–Crippen MR) is 133 cm³/mol. The van der Waals surface area contributed by atoms with Crippen molar-refractivity contribution in [2.24, 2.45) is 7.05 Å². The minimum atomic E-state index is -0.465. The number of aryl methyl sites for hydroxylation is 1. The molecule has 1 fully saturated rings. The molecule has 1 aliphatic rings. The van der Waals surface area contributed by atoms with Gasteiger partial charge in [0.2, 0.25) is 0 Å². The Bertz CT molecular complexity index is 1620. The fourth-order valence-electron chi connectivity index (χ4n) is 4.55.